The molecule has 0 aromatic heterocycles. The Balaban J connectivity index is 0.00000364. The van der Waals surface area contributed by atoms with Crippen molar-refractivity contribution in [3.63, 3.8) is 0 Å². The van der Waals surface area contributed by atoms with E-state index in [2.05, 4.69) is 4.99 Å². The van der Waals surface area contributed by atoms with E-state index in [9.17, 15) is 14.9 Å². The minimum Gasteiger partial charge on any atom is -0.444 e. The summed E-state index contributed by atoms with van der Waals surface area (Å²) in [7, 11) is 0. The third-order valence-electron chi connectivity index (χ3n) is 3.80. The van der Waals surface area contributed by atoms with E-state index in [1.807, 2.05) is 25.7 Å². The molecule has 1 aliphatic heterocycles. The number of non-ortho nitro benzene ring substituents is 1. The molecule has 0 saturated carbocycles. The Hall–Kier alpha value is -2.11. The summed E-state index contributed by atoms with van der Waals surface area (Å²) in [5.74, 6) is 0.361. The fourth-order valence-corrected chi connectivity index (χ4v) is 2.49. The molecule has 10 heteroatoms. The van der Waals surface area contributed by atoms with Gasteiger partial charge in [-0.15, -0.1) is 24.0 Å². The van der Waals surface area contributed by atoms with Crippen LogP contribution in [0.1, 0.15) is 26.3 Å². The highest BCUT2D eigenvalue weighted by atomic mass is 127. The van der Waals surface area contributed by atoms with Crippen LogP contribution in [0.2, 0.25) is 0 Å². The number of piperazine rings is 1. The quantitative estimate of drug-likeness (QED) is 0.229. The zero-order chi connectivity index (χ0) is 19.3. The van der Waals surface area contributed by atoms with E-state index in [0.29, 0.717) is 32.1 Å². The summed E-state index contributed by atoms with van der Waals surface area (Å²) in [6.45, 7) is 7.88. The maximum absolute atomic E-state index is 12.1. The number of nitro benzene ring substituents is 1. The number of aliphatic imine (C=N–C) groups is 1. The second-order valence-electron chi connectivity index (χ2n) is 7.06. The molecule has 27 heavy (non-hydrogen) atoms. The van der Waals surface area contributed by atoms with Crippen LogP contribution in [0, 0.1) is 10.1 Å². The first kappa shape index (κ1) is 22.9. The first-order valence-electron chi connectivity index (χ1n) is 8.42. The van der Waals surface area contributed by atoms with Gasteiger partial charge in [-0.05, 0) is 26.3 Å². The summed E-state index contributed by atoms with van der Waals surface area (Å²) < 4.78 is 5.36. The van der Waals surface area contributed by atoms with E-state index in [1.165, 1.54) is 12.1 Å². The zero-order valence-electron chi connectivity index (χ0n) is 15.8. The Labute approximate surface area is 175 Å². The van der Waals surface area contributed by atoms with Crippen LogP contribution in [0.3, 0.4) is 0 Å². The van der Waals surface area contributed by atoms with Gasteiger partial charge in [0.05, 0.1) is 11.5 Å². The van der Waals surface area contributed by atoms with Gasteiger partial charge in [0.25, 0.3) is 5.69 Å². The first-order chi connectivity index (χ1) is 12.2. The van der Waals surface area contributed by atoms with Crippen molar-refractivity contribution in [3.05, 3.63) is 39.9 Å². The standard InChI is InChI=1S/C17H25N5O4.HI/c1-17(2,3)26-16(23)21-9-7-20(8-10-21)15(18)19-12-13-5-4-6-14(11-13)22(24)25;/h4-6,11H,7-10,12H2,1-3H3,(H2,18,19);1H. The molecule has 2 N–H and O–H groups in total. The normalized spacial score (nSPS) is 15.1. The highest BCUT2D eigenvalue weighted by molar-refractivity contribution is 14.0. The second-order valence-corrected chi connectivity index (χ2v) is 7.06. The third-order valence-corrected chi connectivity index (χ3v) is 3.80. The van der Waals surface area contributed by atoms with E-state index in [0.717, 1.165) is 5.56 Å². The van der Waals surface area contributed by atoms with Crippen LogP contribution < -0.4 is 5.73 Å². The molecule has 1 saturated heterocycles. The molecule has 1 heterocycles. The van der Waals surface area contributed by atoms with Crippen molar-refractivity contribution >= 4 is 41.7 Å². The number of carbonyl (C=O) groups is 1. The Bertz CT molecular complexity index is 697. The Kier molecular flexibility index (Phi) is 8.25. The topological polar surface area (TPSA) is 114 Å². The number of halogens is 1. The number of carbonyl (C=O) groups excluding carboxylic acids is 1. The van der Waals surface area contributed by atoms with E-state index >= 15 is 0 Å². The Morgan fingerprint density at radius 2 is 1.85 bits per heavy atom. The van der Waals surface area contributed by atoms with Gasteiger partial charge >= 0.3 is 6.09 Å². The van der Waals surface area contributed by atoms with Gasteiger partial charge in [-0.2, -0.15) is 0 Å². The molecular formula is C17H26IN5O4. The molecule has 1 aliphatic rings. The molecule has 1 fully saturated rings. The summed E-state index contributed by atoms with van der Waals surface area (Å²) >= 11 is 0. The fraction of sp³-hybridized carbons (Fsp3) is 0.529. The van der Waals surface area contributed by atoms with E-state index in [1.54, 1.807) is 17.0 Å². The van der Waals surface area contributed by atoms with Gasteiger partial charge in [0.2, 0.25) is 0 Å². The predicted molar refractivity (Wildman–Crippen MR) is 113 cm³/mol. The maximum Gasteiger partial charge on any atom is 0.410 e. The lowest BCUT2D eigenvalue weighted by molar-refractivity contribution is -0.384. The van der Waals surface area contributed by atoms with Crippen LogP contribution in [0.15, 0.2) is 29.3 Å². The first-order valence-corrected chi connectivity index (χ1v) is 8.42. The van der Waals surface area contributed by atoms with Crippen molar-refractivity contribution < 1.29 is 14.5 Å². The van der Waals surface area contributed by atoms with Crippen LogP contribution in [-0.4, -0.2) is 58.6 Å². The van der Waals surface area contributed by atoms with Crippen LogP contribution >= 0.6 is 24.0 Å². The molecule has 0 bridgehead atoms. The number of hydrogen-bond donors (Lipinski definition) is 1. The Morgan fingerprint density at radius 3 is 2.41 bits per heavy atom. The summed E-state index contributed by atoms with van der Waals surface area (Å²) in [5.41, 5.74) is 6.25. The summed E-state index contributed by atoms with van der Waals surface area (Å²) in [6, 6.07) is 6.31. The summed E-state index contributed by atoms with van der Waals surface area (Å²) in [6.07, 6.45) is -0.329. The van der Waals surface area contributed by atoms with Crippen molar-refractivity contribution in [1.29, 1.82) is 0 Å². The molecular weight excluding hydrogens is 465 g/mol. The average Bonchev–Trinajstić information content (AvgIpc) is 2.58. The number of nitrogens with two attached hydrogens (primary N) is 1. The van der Waals surface area contributed by atoms with Gasteiger partial charge in [-0.3, -0.25) is 10.1 Å². The van der Waals surface area contributed by atoms with Crippen molar-refractivity contribution in [1.82, 2.24) is 9.80 Å². The molecule has 0 unspecified atom stereocenters. The van der Waals surface area contributed by atoms with Gasteiger partial charge in [0.15, 0.2) is 5.96 Å². The molecule has 150 valence electrons. The second kappa shape index (κ2) is 9.72. The van der Waals surface area contributed by atoms with Gasteiger partial charge in [0, 0.05) is 38.3 Å². The highest BCUT2D eigenvalue weighted by Crippen LogP contribution is 2.14. The zero-order valence-corrected chi connectivity index (χ0v) is 18.1. The molecule has 1 amide bonds. The minimum absolute atomic E-state index is 0. The number of rotatable bonds is 3. The molecule has 2 rings (SSSR count). The fourth-order valence-electron chi connectivity index (χ4n) is 2.49. The van der Waals surface area contributed by atoms with E-state index in [-0.39, 0.29) is 42.3 Å². The van der Waals surface area contributed by atoms with E-state index in [4.69, 9.17) is 10.5 Å². The van der Waals surface area contributed by atoms with Crippen molar-refractivity contribution in [2.24, 2.45) is 10.7 Å². The summed E-state index contributed by atoms with van der Waals surface area (Å²) in [4.78, 5) is 30.3. The van der Waals surface area contributed by atoms with Gasteiger partial charge in [-0.25, -0.2) is 9.79 Å². The molecule has 1 aromatic rings. The molecule has 0 aliphatic carbocycles. The Morgan fingerprint density at radius 1 is 1.26 bits per heavy atom. The SMILES string of the molecule is CC(C)(C)OC(=O)N1CCN(C(N)=NCc2cccc([N+](=O)[O-])c2)CC1.I. The van der Waals surface area contributed by atoms with Crippen molar-refractivity contribution in [2.75, 3.05) is 26.2 Å². The van der Waals surface area contributed by atoms with Crippen LogP contribution in [0.5, 0.6) is 0 Å². The van der Waals surface area contributed by atoms with Gasteiger partial charge < -0.3 is 20.3 Å². The lowest BCUT2D eigenvalue weighted by atomic mass is 10.2. The minimum atomic E-state index is -0.521. The lowest BCUT2D eigenvalue weighted by Crippen LogP contribution is -2.53. The molecule has 0 atom stereocenters. The van der Waals surface area contributed by atoms with Gasteiger partial charge in [-0.1, -0.05) is 12.1 Å². The third kappa shape index (κ3) is 7.19. The van der Waals surface area contributed by atoms with Crippen LogP contribution in [0.4, 0.5) is 10.5 Å². The molecule has 0 radical (unpaired) electrons. The van der Waals surface area contributed by atoms with Crippen LogP contribution in [0.25, 0.3) is 0 Å². The maximum atomic E-state index is 12.1. The number of hydrogen-bond acceptors (Lipinski definition) is 5. The smallest absolute Gasteiger partial charge is 0.410 e. The molecule has 1 aromatic carbocycles. The number of nitrogens with zero attached hydrogens (tertiary/aromatic N) is 4. The summed E-state index contributed by atoms with van der Waals surface area (Å²) in [5, 5.41) is 10.8. The average molecular weight is 491 g/mol. The molecule has 9 nitrogen and oxygen atoms in total. The monoisotopic (exact) mass is 491 g/mol. The van der Waals surface area contributed by atoms with Crippen LogP contribution in [-0.2, 0) is 11.3 Å². The van der Waals surface area contributed by atoms with Crippen molar-refractivity contribution in [3.8, 4) is 0 Å². The number of nitro groups is 1. The largest absolute Gasteiger partial charge is 0.444 e. The molecule has 0 spiro atoms. The van der Waals surface area contributed by atoms with E-state index < -0.39 is 10.5 Å². The number of benzene rings is 1. The lowest BCUT2D eigenvalue weighted by Gasteiger charge is -2.36. The van der Waals surface area contributed by atoms with Gasteiger partial charge in [0.1, 0.15) is 5.60 Å². The van der Waals surface area contributed by atoms with Crippen molar-refractivity contribution in [2.45, 2.75) is 32.9 Å². The number of guanidine groups is 1. The predicted octanol–water partition coefficient (Wildman–Crippen LogP) is 2.58. The number of amides is 1. The highest BCUT2D eigenvalue weighted by Gasteiger charge is 2.26. The number of ether oxygens (including phenoxy) is 1.